The first kappa shape index (κ1) is 16.8. The summed E-state index contributed by atoms with van der Waals surface area (Å²) >= 11 is 0. The van der Waals surface area contributed by atoms with Gasteiger partial charge in [-0.15, -0.1) is 0 Å². The van der Waals surface area contributed by atoms with Crippen LogP contribution >= 0.6 is 0 Å². The van der Waals surface area contributed by atoms with Gasteiger partial charge in [-0.25, -0.2) is 0 Å². The third kappa shape index (κ3) is 5.31. The Balaban J connectivity index is 1.65. The highest BCUT2D eigenvalue weighted by molar-refractivity contribution is 5.76. The first-order valence-corrected chi connectivity index (χ1v) is 7.93. The zero-order valence-electron chi connectivity index (χ0n) is 13.6. The molecule has 0 saturated carbocycles. The van der Waals surface area contributed by atoms with Crippen LogP contribution in [0.15, 0.2) is 24.3 Å². The molecule has 5 heteroatoms. The van der Waals surface area contributed by atoms with Gasteiger partial charge in [0, 0.05) is 38.3 Å². The molecule has 1 amide bonds. The average molecular weight is 305 g/mol. The molecule has 5 nitrogen and oxygen atoms in total. The normalized spacial score (nSPS) is 18.1. The fraction of sp³-hybridized carbons (Fsp3) is 0.588. The van der Waals surface area contributed by atoms with E-state index in [1.54, 1.807) is 0 Å². The van der Waals surface area contributed by atoms with Crippen molar-refractivity contribution in [1.82, 2.24) is 10.2 Å². The van der Waals surface area contributed by atoms with E-state index in [2.05, 4.69) is 24.1 Å². The van der Waals surface area contributed by atoms with Crippen molar-refractivity contribution in [2.75, 3.05) is 38.5 Å². The molecule has 1 saturated heterocycles. The molecule has 2 rings (SSSR count). The number of benzene rings is 1. The molecule has 1 aliphatic heterocycles. The number of hydrogen-bond donors (Lipinski definition) is 2. The summed E-state index contributed by atoms with van der Waals surface area (Å²) in [6.45, 7) is 8.34. The number of carbonyl (C=O) groups excluding carboxylic acids is 1. The maximum atomic E-state index is 11.9. The third-order valence-corrected chi connectivity index (χ3v) is 3.93. The van der Waals surface area contributed by atoms with Crippen molar-refractivity contribution in [3.63, 3.8) is 0 Å². The van der Waals surface area contributed by atoms with E-state index in [0.29, 0.717) is 19.4 Å². The Bertz CT molecular complexity index is 502. The lowest BCUT2D eigenvalue weighted by atomic mass is 10.1. The maximum absolute atomic E-state index is 11.9. The Kier molecular flexibility index (Phi) is 5.80. The highest BCUT2D eigenvalue weighted by Crippen LogP contribution is 2.15. The van der Waals surface area contributed by atoms with Gasteiger partial charge in [-0.2, -0.15) is 0 Å². The number of nitrogen functional groups attached to an aromatic ring is 1. The topological polar surface area (TPSA) is 67.6 Å². The molecule has 1 fully saturated rings. The first-order chi connectivity index (χ1) is 10.5. The van der Waals surface area contributed by atoms with Crippen LogP contribution in [0.3, 0.4) is 0 Å². The van der Waals surface area contributed by atoms with Gasteiger partial charge in [-0.3, -0.25) is 9.69 Å². The Morgan fingerprint density at radius 2 is 2.18 bits per heavy atom. The summed E-state index contributed by atoms with van der Waals surface area (Å²) in [6, 6.07) is 7.69. The van der Waals surface area contributed by atoms with Crippen molar-refractivity contribution in [3.05, 3.63) is 29.8 Å². The van der Waals surface area contributed by atoms with E-state index >= 15 is 0 Å². The molecule has 0 atom stereocenters. The number of nitrogens with one attached hydrogen (secondary N) is 1. The molecule has 122 valence electrons. The molecule has 1 aliphatic rings. The third-order valence-electron chi connectivity index (χ3n) is 3.93. The number of hydrogen-bond acceptors (Lipinski definition) is 4. The van der Waals surface area contributed by atoms with Crippen molar-refractivity contribution < 1.29 is 9.53 Å². The van der Waals surface area contributed by atoms with Crippen LogP contribution in [0.2, 0.25) is 0 Å². The summed E-state index contributed by atoms with van der Waals surface area (Å²) in [4.78, 5) is 14.2. The quantitative estimate of drug-likeness (QED) is 0.780. The standard InChI is InChI=1S/C17H27N3O2/c1-17(2)13-20(11-12-22-17)10-9-19-16(21)8-7-14-5-3-4-6-15(14)18/h3-6H,7-13,18H2,1-2H3,(H,19,21). The van der Waals surface area contributed by atoms with Crippen molar-refractivity contribution in [3.8, 4) is 0 Å². The molecule has 0 unspecified atom stereocenters. The molecular formula is C17H27N3O2. The van der Waals surface area contributed by atoms with E-state index in [9.17, 15) is 4.79 Å². The molecule has 22 heavy (non-hydrogen) atoms. The van der Waals surface area contributed by atoms with Crippen LogP contribution in [0.5, 0.6) is 0 Å². The zero-order chi connectivity index (χ0) is 16.0. The monoisotopic (exact) mass is 305 g/mol. The van der Waals surface area contributed by atoms with Crippen molar-refractivity contribution in [2.24, 2.45) is 0 Å². The van der Waals surface area contributed by atoms with Gasteiger partial charge in [0.1, 0.15) is 0 Å². The Morgan fingerprint density at radius 1 is 1.41 bits per heavy atom. The van der Waals surface area contributed by atoms with Crippen LogP contribution in [0, 0.1) is 0 Å². The number of carbonyl (C=O) groups is 1. The van der Waals surface area contributed by atoms with Gasteiger partial charge in [0.05, 0.1) is 12.2 Å². The highest BCUT2D eigenvalue weighted by Gasteiger charge is 2.26. The zero-order valence-corrected chi connectivity index (χ0v) is 13.6. The summed E-state index contributed by atoms with van der Waals surface area (Å²) in [6.07, 6.45) is 1.16. The van der Waals surface area contributed by atoms with Crippen LogP contribution in [-0.2, 0) is 16.0 Å². The van der Waals surface area contributed by atoms with Gasteiger partial charge in [0.25, 0.3) is 0 Å². The SMILES string of the molecule is CC1(C)CN(CCNC(=O)CCc2ccccc2N)CCO1. The number of ether oxygens (including phenoxy) is 1. The number of morpholine rings is 1. The molecule has 0 bridgehead atoms. The number of para-hydroxylation sites is 1. The summed E-state index contributed by atoms with van der Waals surface area (Å²) in [7, 11) is 0. The summed E-state index contributed by atoms with van der Waals surface area (Å²) in [5.74, 6) is 0.0794. The van der Waals surface area contributed by atoms with Gasteiger partial charge in [0.2, 0.25) is 5.91 Å². The molecule has 3 N–H and O–H groups in total. The molecule has 0 spiro atoms. The largest absolute Gasteiger partial charge is 0.399 e. The molecular weight excluding hydrogens is 278 g/mol. The maximum Gasteiger partial charge on any atom is 0.220 e. The summed E-state index contributed by atoms with van der Waals surface area (Å²) in [5, 5.41) is 2.98. The van der Waals surface area contributed by atoms with E-state index < -0.39 is 0 Å². The number of nitrogens with two attached hydrogens (primary N) is 1. The van der Waals surface area contributed by atoms with Gasteiger partial charge >= 0.3 is 0 Å². The number of aryl methyl sites for hydroxylation is 1. The second-order valence-electron chi connectivity index (χ2n) is 6.43. The van der Waals surface area contributed by atoms with Crippen molar-refractivity contribution in [2.45, 2.75) is 32.3 Å². The number of rotatable bonds is 6. The fourth-order valence-electron chi connectivity index (χ4n) is 2.76. The number of anilines is 1. The van der Waals surface area contributed by atoms with Crippen molar-refractivity contribution in [1.29, 1.82) is 0 Å². The second-order valence-corrected chi connectivity index (χ2v) is 6.43. The Labute approximate surface area is 132 Å². The molecule has 0 radical (unpaired) electrons. The smallest absolute Gasteiger partial charge is 0.220 e. The number of nitrogens with zero attached hydrogens (tertiary/aromatic N) is 1. The van der Waals surface area contributed by atoms with E-state index in [4.69, 9.17) is 10.5 Å². The highest BCUT2D eigenvalue weighted by atomic mass is 16.5. The summed E-state index contributed by atoms with van der Waals surface area (Å²) < 4.78 is 5.68. The molecule has 0 aromatic heterocycles. The van der Waals surface area contributed by atoms with Gasteiger partial charge in [-0.05, 0) is 31.9 Å². The van der Waals surface area contributed by atoms with E-state index in [1.807, 2.05) is 24.3 Å². The average Bonchev–Trinajstić information content (AvgIpc) is 2.45. The second kappa shape index (κ2) is 7.61. The first-order valence-electron chi connectivity index (χ1n) is 7.93. The van der Waals surface area contributed by atoms with Gasteiger partial charge in [-0.1, -0.05) is 18.2 Å². The van der Waals surface area contributed by atoms with Gasteiger partial charge in [0.15, 0.2) is 0 Å². The van der Waals surface area contributed by atoms with E-state index in [0.717, 1.165) is 37.5 Å². The van der Waals surface area contributed by atoms with Crippen LogP contribution in [0.4, 0.5) is 5.69 Å². The minimum atomic E-state index is -0.0902. The lowest BCUT2D eigenvalue weighted by Gasteiger charge is -2.38. The fourth-order valence-corrected chi connectivity index (χ4v) is 2.76. The summed E-state index contributed by atoms with van der Waals surface area (Å²) in [5.41, 5.74) is 7.58. The van der Waals surface area contributed by atoms with Crippen LogP contribution in [0.1, 0.15) is 25.8 Å². The number of amides is 1. The van der Waals surface area contributed by atoms with Crippen molar-refractivity contribution >= 4 is 11.6 Å². The minimum Gasteiger partial charge on any atom is -0.399 e. The van der Waals surface area contributed by atoms with Crippen LogP contribution in [0.25, 0.3) is 0 Å². The Morgan fingerprint density at radius 3 is 2.91 bits per heavy atom. The predicted molar refractivity (Wildman–Crippen MR) is 88.7 cm³/mol. The lowest BCUT2D eigenvalue weighted by molar-refractivity contribution is -0.121. The molecule has 1 aromatic carbocycles. The molecule has 1 aromatic rings. The van der Waals surface area contributed by atoms with E-state index in [-0.39, 0.29) is 11.5 Å². The minimum absolute atomic E-state index is 0.0794. The van der Waals surface area contributed by atoms with Crippen LogP contribution in [-0.4, -0.2) is 49.2 Å². The molecule has 1 heterocycles. The predicted octanol–water partition coefficient (Wildman–Crippen LogP) is 1.43. The van der Waals surface area contributed by atoms with E-state index in [1.165, 1.54) is 0 Å². The lowest BCUT2D eigenvalue weighted by Crippen LogP contribution is -2.50. The van der Waals surface area contributed by atoms with Crippen LogP contribution < -0.4 is 11.1 Å². The van der Waals surface area contributed by atoms with Gasteiger partial charge < -0.3 is 15.8 Å². The molecule has 0 aliphatic carbocycles. The Hall–Kier alpha value is -1.59.